The van der Waals surface area contributed by atoms with Gasteiger partial charge >= 0.3 is 11.7 Å². The van der Waals surface area contributed by atoms with Crippen molar-refractivity contribution in [3.05, 3.63) is 44.1 Å². The second-order valence-electron chi connectivity index (χ2n) is 3.40. The number of hydrogen-bond acceptors (Lipinski definition) is 3. The van der Waals surface area contributed by atoms with E-state index in [1.165, 1.54) is 18.2 Å². The van der Waals surface area contributed by atoms with Crippen LogP contribution in [0.1, 0.15) is 0 Å². The molecule has 0 saturated carbocycles. The molecule has 0 saturated heterocycles. The zero-order chi connectivity index (χ0) is 12.6. The molecule has 6 nitrogen and oxygen atoms in total. The van der Waals surface area contributed by atoms with Crippen molar-refractivity contribution in [3.8, 4) is 0 Å². The van der Waals surface area contributed by atoms with Crippen LogP contribution in [0.3, 0.4) is 0 Å². The molecule has 7 heteroatoms. The van der Waals surface area contributed by atoms with Gasteiger partial charge in [0.15, 0.2) is 0 Å². The van der Waals surface area contributed by atoms with E-state index >= 15 is 0 Å². The van der Waals surface area contributed by atoms with Crippen LogP contribution < -0.4 is 11.2 Å². The molecule has 0 spiro atoms. The standard InChI is InChI=1S/C10H7ClN2O4/c11-5-1-2-6-7(3-5)13(4-8(14)15)10(17)12-9(6)16/h1-3H,4H2,(H,14,15)(H,12,16,17). The topological polar surface area (TPSA) is 92.2 Å². The van der Waals surface area contributed by atoms with Gasteiger partial charge in [0.25, 0.3) is 5.56 Å². The molecule has 2 N–H and O–H groups in total. The summed E-state index contributed by atoms with van der Waals surface area (Å²) in [5.74, 6) is -1.18. The number of hydrogen-bond donors (Lipinski definition) is 2. The van der Waals surface area contributed by atoms with Gasteiger partial charge in [-0.15, -0.1) is 0 Å². The summed E-state index contributed by atoms with van der Waals surface area (Å²) in [6.07, 6.45) is 0. The first kappa shape index (κ1) is 11.4. The Kier molecular flexibility index (Phi) is 2.72. The number of nitrogens with one attached hydrogen (secondary N) is 1. The highest BCUT2D eigenvalue weighted by molar-refractivity contribution is 6.31. The third kappa shape index (κ3) is 2.07. The molecule has 17 heavy (non-hydrogen) atoms. The van der Waals surface area contributed by atoms with E-state index in [0.29, 0.717) is 5.02 Å². The van der Waals surface area contributed by atoms with Gasteiger partial charge < -0.3 is 5.11 Å². The van der Waals surface area contributed by atoms with Crippen LogP contribution in [-0.2, 0) is 11.3 Å². The van der Waals surface area contributed by atoms with E-state index in [1.807, 2.05) is 0 Å². The molecule has 88 valence electrons. The number of aromatic nitrogens is 2. The fourth-order valence-electron chi connectivity index (χ4n) is 1.55. The number of nitrogens with zero attached hydrogens (tertiary/aromatic N) is 1. The number of fused-ring (bicyclic) bond motifs is 1. The molecule has 1 aromatic carbocycles. The lowest BCUT2D eigenvalue weighted by atomic mass is 10.2. The zero-order valence-electron chi connectivity index (χ0n) is 8.44. The van der Waals surface area contributed by atoms with Gasteiger partial charge in [-0.1, -0.05) is 11.6 Å². The van der Waals surface area contributed by atoms with Crippen LogP contribution in [0.15, 0.2) is 27.8 Å². The Morgan fingerprint density at radius 2 is 2.12 bits per heavy atom. The van der Waals surface area contributed by atoms with E-state index in [4.69, 9.17) is 16.7 Å². The van der Waals surface area contributed by atoms with Crippen LogP contribution >= 0.6 is 11.6 Å². The summed E-state index contributed by atoms with van der Waals surface area (Å²) in [5.41, 5.74) is -1.14. The average molecular weight is 255 g/mol. The number of benzene rings is 1. The Hall–Kier alpha value is -2.08. The SMILES string of the molecule is O=C(O)Cn1c(=O)[nH]c(=O)c2ccc(Cl)cc21. The second-order valence-corrected chi connectivity index (χ2v) is 3.84. The number of rotatable bonds is 2. The van der Waals surface area contributed by atoms with Crippen LogP contribution in [0, 0.1) is 0 Å². The number of aliphatic carboxylic acids is 1. The monoisotopic (exact) mass is 254 g/mol. The summed E-state index contributed by atoms with van der Waals surface area (Å²) in [6.45, 7) is -0.535. The lowest BCUT2D eigenvalue weighted by molar-refractivity contribution is -0.137. The molecule has 0 fully saturated rings. The summed E-state index contributed by atoms with van der Waals surface area (Å²) in [5, 5.41) is 9.24. The van der Waals surface area contributed by atoms with Crippen molar-refractivity contribution in [2.24, 2.45) is 0 Å². The molecule has 2 aromatic rings. The Bertz CT molecular complexity index is 716. The van der Waals surface area contributed by atoms with Crippen LogP contribution in [-0.4, -0.2) is 20.6 Å². The predicted octanol–water partition coefficient (Wildman–Crippen LogP) is 0.428. The number of aromatic amines is 1. The molecule has 0 bridgehead atoms. The normalized spacial score (nSPS) is 10.6. The highest BCUT2D eigenvalue weighted by Gasteiger charge is 2.10. The minimum Gasteiger partial charge on any atom is -0.480 e. The summed E-state index contributed by atoms with van der Waals surface area (Å²) in [6, 6.07) is 4.32. The van der Waals surface area contributed by atoms with Crippen molar-refractivity contribution in [1.82, 2.24) is 9.55 Å². The van der Waals surface area contributed by atoms with Crippen molar-refractivity contribution in [1.29, 1.82) is 0 Å². The van der Waals surface area contributed by atoms with Crippen LogP contribution in [0.5, 0.6) is 0 Å². The van der Waals surface area contributed by atoms with Crippen LogP contribution in [0.2, 0.25) is 5.02 Å². The molecule has 0 amide bonds. The van der Waals surface area contributed by atoms with E-state index in [1.54, 1.807) is 0 Å². The largest absolute Gasteiger partial charge is 0.480 e. The van der Waals surface area contributed by atoms with Gasteiger partial charge in [-0.3, -0.25) is 19.1 Å². The maximum Gasteiger partial charge on any atom is 0.329 e. The summed E-state index contributed by atoms with van der Waals surface area (Å²) in [4.78, 5) is 35.7. The van der Waals surface area contributed by atoms with E-state index in [0.717, 1.165) is 4.57 Å². The molecule has 0 aliphatic carbocycles. The molecule has 2 rings (SSSR count). The molecular weight excluding hydrogens is 248 g/mol. The highest BCUT2D eigenvalue weighted by Crippen LogP contribution is 2.15. The molecule has 0 radical (unpaired) electrons. The fraction of sp³-hybridized carbons (Fsp3) is 0.100. The zero-order valence-corrected chi connectivity index (χ0v) is 9.19. The van der Waals surface area contributed by atoms with Crippen molar-refractivity contribution >= 4 is 28.5 Å². The van der Waals surface area contributed by atoms with Gasteiger partial charge in [-0.25, -0.2) is 4.79 Å². The maximum absolute atomic E-state index is 11.5. The molecule has 0 unspecified atom stereocenters. The molecule has 0 atom stereocenters. The first-order valence-electron chi connectivity index (χ1n) is 4.63. The fourth-order valence-corrected chi connectivity index (χ4v) is 1.72. The number of carboxylic acid groups (broad SMARTS) is 1. The quantitative estimate of drug-likeness (QED) is 0.813. The van der Waals surface area contributed by atoms with Crippen LogP contribution in [0.4, 0.5) is 0 Å². The molecular formula is C10H7ClN2O4. The third-order valence-electron chi connectivity index (χ3n) is 2.25. The van der Waals surface area contributed by atoms with E-state index in [2.05, 4.69) is 4.98 Å². The number of halogens is 1. The summed E-state index contributed by atoms with van der Waals surface area (Å²) < 4.78 is 0.949. The lowest BCUT2D eigenvalue weighted by Crippen LogP contribution is -2.32. The average Bonchev–Trinajstić information content (AvgIpc) is 2.23. The molecule has 0 aliphatic heterocycles. The van der Waals surface area contributed by atoms with Gasteiger partial charge in [0.1, 0.15) is 6.54 Å². The van der Waals surface area contributed by atoms with Crippen LogP contribution in [0.25, 0.3) is 10.9 Å². The Balaban J connectivity index is 2.90. The molecule has 1 aromatic heterocycles. The Morgan fingerprint density at radius 3 is 2.76 bits per heavy atom. The Morgan fingerprint density at radius 1 is 1.41 bits per heavy atom. The maximum atomic E-state index is 11.5. The van der Waals surface area contributed by atoms with Crippen molar-refractivity contribution < 1.29 is 9.90 Å². The molecule has 1 heterocycles. The first-order chi connectivity index (χ1) is 7.99. The van der Waals surface area contributed by atoms with Crippen molar-refractivity contribution in [2.75, 3.05) is 0 Å². The summed E-state index contributed by atoms with van der Waals surface area (Å²) >= 11 is 5.76. The number of carboxylic acids is 1. The number of H-pyrrole nitrogens is 1. The van der Waals surface area contributed by atoms with E-state index in [-0.39, 0.29) is 10.9 Å². The van der Waals surface area contributed by atoms with Crippen molar-refractivity contribution in [3.63, 3.8) is 0 Å². The first-order valence-corrected chi connectivity index (χ1v) is 5.01. The predicted molar refractivity (Wildman–Crippen MR) is 61.5 cm³/mol. The van der Waals surface area contributed by atoms with Gasteiger partial charge in [-0.05, 0) is 18.2 Å². The van der Waals surface area contributed by atoms with E-state index in [9.17, 15) is 14.4 Å². The molecule has 0 aliphatic rings. The lowest BCUT2D eigenvalue weighted by Gasteiger charge is -2.06. The number of carbonyl (C=O) groups is 1. The van der Waals surface area contributed by atoms with Gasteiger partial charge in [0.05, 0.1) is 10.9 Å². The van der Waals surface area contributed by atoms with Gasteiger partial charge in [-0.2, -0.15) is 0 Å². The smallest absolute Gasteiger partial charge is 0.329 e. The van der Waals surface area contributed by atoms with Crippen molar-refractivity contribution in [2.45, 2.75) is 6.54 Å². The second kappa shape index (κ2) is 4.06. The van der Waals surface area contributed by atoms with E-state index < -0.39 is 23.8 Å². The minimum atomic E-state index is -1.18. The Labute approximate surface area is 99.1 Å². The summed E-state index contributed by atoms with van der Waals surface area (Å²) in [7, 11) is 0. The minimum absolute atomic E-state index is 0.202. The van der Waals surface area contributed by atoms with Gasteiger partial charge in [0, 0.05) is 5.02 Å². The third-order valence-corrected chi connectivity index (χ3v) is 2.49. The van der Waals surface area contributed by atoms with Gasteiger partial charge in [0.2, 0.25) is 0 Å². The highest BCUT2D eigenvalue weighted by atomic mass is 35.5.